The number of carboxylic acids is 1. The van der Waals surface area contributed by atoms with E-state index in [-0.39, 0.29) is 11.3 Å². The van der Waals surface area contributed by atoms with Gasteiger partial charge in [0, 0.05) is 0 Å². The molecule has 0 aliphatic carbocycles. The molecular formula is C9H5F3N2O2. The van der Waals surface area contributed by atoms with Gasteiger partial charge in [-0.2, -0.15) is 13.2 Å². The van der Waals surface area contributed by atoms with Crippen LogP contribution < -0.4 is 5.01 Å². The first kappa shape index (κ1) is 10.5. The SMILES string of the molecule is O=C(O)c1ccc(N2N=C2C(F)(F)F)cc1. The molecule has 16 heavy (non-hydrogen) atoms. The Balaban J connectivity index is 2.12. The van der Waals surface area contributed by atoms with Gasteiger partial charge in [0.05, 0.1) is 11.3 Å². The number of alkyl halides is 3. The fourth-order valence-corrected chi connectivity index (χ4v) is 1.17. The van der Waals surface area contributed by atoms with Crippen molar-refractivity contribution in [3.05, 3.63) is 29.8 Å². The van der Waals surface area contributed by atoms with Crippen LogP contribution in [0.3, 0.4) is 0 Å². The van der Waals surface area contributed by atoms with Crippen LogP contribution in [0.5, 0.6) is 0 Å². The molecule has 0 saturated heterocycles. The maximum atomic E-state index is 12.1. The highest BCUT2D eigenvalue weighted by atomic mass is 19.4. The molecule has 84 valence electrons. The van der Waals surface area contributed by atoms with Crippen LogP contribution in [-0.2, 0) is 0 Å². The Labute approximate surface area is 87.6 Å². The summed E-state index contributed by atoms with van der Waals surface area (Å²) in [6.45, 7) is 0. The minimum atomic E-state index is -4.47. The summed E-state index contributed by atoms with van der Waals surface area (Å²) in [5.74, 6) is -2.11. The van der Waals surface area contributed by atoms with Crippen LogP contribution >= 0.6 is 0 Å². The van der Waals surface area contributed by atoms with Gasteiger partial charge in [-0.05, 0) is 24.3 Å². The van der Waals surface area contributed by atoms with Gasteiger partial charge in [0.25, 0.3) is 5.84 Å². The summed E-state index contributed by atoms with van der Waals surface area (Å²) in [7, 11) is 0. The monoisotopic (exact) mass is 230 g/mol. The molecule has 2 rings (SSSR count). The van der Waals surface area contributed by atoms with Gasteiger partial charge in [0.2, 0.25) is 0 Å². The molecule has 1 aromatic rings. The summed E-state index contributed by atoms with van der Waals surface area (Å²) in [6.07, 6.45) is -4.47. The summed E-state index contributed by atoms with van der Waals surface area (Å²) in [5, 5.41) is 12.5. The molecule has 0 fully saturated rings. The summed E-state index contributed by atoms with van der Waals surface area (Å²) in [6, 6.07) is 4.98. The molecule has 1 aliphatic rings. The molecule has 0 atom stereocenters. The van der Waals surface area contributed by atoms with Gasteiger partial charge in [0.1, 0.15) is 0 Å². The lowest BCUT2D eigenvalue weighted by Gasteiger charge is -2.04. The number of amidine groups is 1. The van der Waals surface area contributed by atoms with E-state index in [0.29, 0.717) is 5.01 Å². The van der Waals surface area contributed by atoms with E-state index >= 15 is 0 Å². The number of hydrogen-bond acceptors (Lipinski definition) is 3. The molecule has 1 aliphatic heterocycles. The molecule has 0 spiro atoms. The van der Waals surface area contributed by atoms with Crippen molar-refractivity contribution in [1.29, 1.82) is 0 Å². The number of benzene rings is 1. The van der Waals surface area contributed by atoms with Crippen LogP contribution in [0.4, 0.5) is 18.9 Å². The number of anilines is 1. The maximum absolute atomic E-state index is 12.1. The third-order valence-corrected chi connectivity index (χ3v) is 1.97. The molecule has 1 aromatic carbocycles. The second-order valence-electron chi connectivity index (χ2n) is 3.09. The molecule has 4 nitrogen and oxygen atoms in total. The lowest BCUT2D eigenvalue weighted by Crippen LogP contribution is -2.22. The Morgan fingerprint density at radius 3 is 2.19 bits per heavy atom. The number of nitrogens with zero attached hydrogens (tertiary/aromatic N) is 2. The fraction of sp³-hybridized carbons (Fsp3) is 0.111. The topological polar surface area (TPSA) is 52.7 Å². The zero-order valence-electron chi connectivity index (χ0n) is 7.69. The summed E-state index contributed by atoms with van der Waals surface area (Å²) >= 11 is 0. The van der Waals surface area contributed by atoms with E-state index in [1.165, 1.54) is 24.3 Å². The van der Waals surface area contributed by atoms with Crippen LogP contribution in [0.15, 0.2) is 29.4 Å². The van der Waals surface area contributed by atoms with E-state index in [2.05, 4.69) is 5.10 Å². The van der Waals surface area contributed by atoms with Gasteiger partial charge in [-0.1, -0.05) is 0 Å². The second kappa shape index (κ2) is 3.22. The number of hydrogen-bond donors (Lipinski definition) is 1. The van der Waals surface area contributed by atoms with Crippen molar-refractivity contribution in [2.75, 3.05) is 5.01 Å². The molecule has 7 heteroatoms. The fourth-order valence-electron chi connectivity index (χ4n) is 1.17. The number of rotatable bonds is 2. The van der Waals surface area contributed by atoms with E-state index in [1.807, 2.05) is 0 Å². The summed E-state index contributed by atoms with van der Waals surface area (Å²) in [4.78, 5) is 10.5. The van der Waals surface area contributed by atoms with Gasteiger partial charge in [-0.15, -0.1) is 5.10 Å². The van der Waals surface area contributed by atoms with Crippen molar-refractivity contribution in [3.63, 3.8) is 0 Å². The predicted octanol–water partition coefficient (Wildman–Crippen LogP) is 2.08. The first-order chi connectivity index (χ1) is 7.39. The summed E-state index contributed by atoms with van der Waals surface area (Å²) in [5.41, 5.74) is 0.205. The molecule has 0 radical (unpaired) electrons. The van der Waals surface area contributed by atoms with Crippen LogP contribution in [-0.4, -0.2) is 23.1 Å². The van der Waals surface area contributed by atoms with E-state index in [0.717, 1.165) is 0 Å². The van der Waals surface area contributed by atoms with Crippen LogP contribution in [0, 0.1) is 0 Å². The van der Waals surface area contributed by atoms with Crippen LogP contribution in [0.2, 0.25) is 0 Å². The maximum Gasteiger partial charge on any atom is 0.453 e. The number of carboxylic acid groups (broad SMARTS) is 1. The second-order valence-corrected chi connectivity index (χ2v) is 3.09. The average molecular weight is 230 g/mol. The van der Waals surface area contributed by atoms with Crippen LogP contribution in [0.25, 0.3) is 0 Å². The number of hydrazone groups is 1. The van der Waals surface area contributed by atoms with E-state index in [4.69, 9.17) is 5.11 Å². The van der Waals surface area contributed by atoms with E-state index in [9.17, 15) is 18.0 Å². The standard InChI is InChI=1S/C9H5F3N2O2/c10-9(11,12)8-13-14(8)6-3-1-5(2-4-6)7(15)16/h1-4H,(H,15,16). The summed E-state index contributed by atoms with van der Waals surface area (Å²) < 4.78 is 36.4. The molecule has 0 bridgehead atoms. The van der Waals surface area contributed by atoms with Crippen molar-refractivity contribution in [2.24, 2.45) is 5.10 Å². The minimum Gasteiger partial charge on any atom is -0.478 e. The van der Waals surface area contributed by atoms with Gasteiger partial charge >= 0.3 is 12.1 Å². The lowest BCUT2D eigenvalue weighted by atomic mass is 10.2. The van der Waals surface area contributed by atoms with Gasteiger partial charge in [0.15, 0.2) is 0 Å². The normalized spacial score (nSPS) is 14.7. The smallest absolute Gasteiger partial charge is 0.453 e. The third kappa shape index (κ3) is 1.83. The van der Waals surface area contributed by atoms with E-state index < -0.39 is 18.0 Å². The number of halogens is 3. The van der Waals surface area contributed by atoms with Crippen molar-refractivity contribution < 1.29 is 23.1 Å². The Hall–Kier alpha value is -2.05. The van der Waals surface area contributed by atoms with E-state index in [1.54, 1.807) is 0 Å². The number of aromatic carboxylic acids is 1. The third-order valence-electron chi connectivity index (χ3n) is 1.97. The molecule has 1 heterocycles. The average Bonchev–Trinajstić information content (AvgIpc) is 2.96. The van der Waals surface area contributed by atoms with Crippen molar-refractivity contribution in [1.82, 2.24) is 0 Å². The Morgan fingerprint density at radius 2 is 1.81 bits per heavy atom. The molecular weight excluding hydrogens is 225 g/mol. The molecule has 0 amide bonds. The lowest BCUT2D eigenvalue weighted by molar-refractivity contribution is -0.0563. The Bertz CT molecular complexity index is 465. The zero-order valence-corrected chi connectivity index (χ0v) is 7.69. The van der Waals surface area contributed by atoms with Gasteiger partial charge < -0.3 is 5.11 Å². The minimum absolute atomic E-state index is 0.0131. The van der Waals surface area contributed by atoms with Gasteiger partial charge in [-0.3, -0.25) is 0 Å². The van der Waals surface area contributed by atoms with Crippen LogP contribution in [0.1, 0.15) is 10.4 Å². The van der Waals surface area contributed by atoms with Crippen molar-refractivity contribution >= 4 is 17.5 Å². The van der Waals surface area contributed by atoms with Crippen molar-refractivity contribution in [2.45, 2.75) is 6.18 Å². The van der Waals surface area contributed by atoms with Gasteiger partial charge in [-0.25, -0.2) is 9.80 Å². The highest BCUT2D eigenvalue weighted by molar-refractivity contribution is 6.11. The first-order valence-electron chi connectivity index (χ1n) is 4.19. The van der Waals surface area contributed by atoms with Crippen molar-refractivity contribution in [3.8, 4) is 0 Å². The predicted molar refractivity (Wildman–Crippen MR) is 49.4 cm³/mol. The zero-order chi connectivity index (χ0) is 11.9. The molecule has 1 N–H and O–H groups in total. The molecule has 0 saturated carbocycles. The molecule has 0 unspecified atom stereocenters. The Morgan fingerprint density at radius 1 is 1.25 bits per heavy atom. The molecule has 0 aromatic heterocycles. The number of carbonyl (C=O) groups is 1. The first-order valence-corrected chi connectivity index (χ1v) is 4.19. The highest BCUT2D eigenvalue weighted by Gasteiger charge is 2.49. The Kier molecular flexibility index (Phi) is 2.11. The highest BCUT2D eigenvalue weighted by Crippen LogP contribution is 2.33. The largest absolute Gasteiger partial charge is 0.478 e. The quantitative estimate of drug-likeness (QED) is 0.846.